The number of rotatable bonds is 3. The smallest absolute Gasteiger partial charge is 0.160 e. The summed E-state index contributed by atoms with van der Waals surface area (Å²) in [7, 11) is 0. The first-order chi connectivity index (χ1) is 8.56. The van der Waals surface area contributed by atoms with Crippen LogP contribution in [0.15, 0.2) is 46.9 Å². The Morgan fingerprint density at radius 2 is 1.89 bits per heavy atom. The van der Waals surface area contributed by atoms with Gasteiger partial charge < -0.3 is 4.74 Å². The summed E-state index contributed by atoms with van der Waals surface area (Å²) in [5.74, 6) is 1.32. The van der Waals surface area contributed by atoms with Gasteiger partial charge in [0.15, 0.2) is 5.78 Å². The molecule has 2 aromatic carbocycles. The van der Waals surface area contributed by atoms with Crippen LogP contribution in [0.2, 0.25) is 5.02 Å². The fourth-order valence-corrected chi connectivity index (χ4v) is 2.33. The molecule has 0 saturated heterocycles. The largest absolute Gasteiger partial charge is 0.457 e. The van der Waals surface area contributed by atoms with Crippen molar-refractivity contribution >= 4 is 33.3 Å². The summed E-state index contributed by atoms with van der Waals surface area (Å²) in [6, 6.07) is 12.4. The molecule has 4 heteroatoms. The summed E-state index contributed by atoms with van der Waals surface area (Å²) < 4.78 is 6.37. The van der Waals surface area contributed by atoms with Crippen molar-refractivity contribution in [2.24, 2.45) is 0 Å². The lowest BCUT2D eigenvalue weighted by Gasteiger charge is -2.08. The molecule has 92 valence electrons. The van der Waals surface area contributed by atoms with Gasteiger partial charge in [-0.15, -0.1) is 0 Å². The van der Waals surface area contributed by atoms with Gasteiger partial charge in [0.25, 0.3) is 0 Å². The van der Waals surface area contributed by atoms with Crippen molar-refractivity contribution in [3.8, 4) is 11.5 Å². The van der Waals surface area contributed by atoms with Crippen LogP contribution in [-0.4, -0.2) is 5.78 Å². The first-order valence-electron chi connectivity index (χ1n) is 5.30. The molecule has 2 rings (SSSR count). The molecule has 0 aromatic heterocycles. The first-order valence-corrected chi connectivity index (χ1v) is 6.47. The number of carbonyl (C=O) groups is 1. The second kappa shape index (κ2) is 5.55. The highest BCUT2D eigenvalue weighted by molar-refractivity contribution is 9.10. The fraction of sp³-hybridized carbons (Fsp3) is 0.0714. The molecule has 0 unspecified atom stereocenters. The Balaban J connectivity index is 2.25. The van der Waals surface area contributed by atoms with Gasteiger partial charge in [-0.25, -0.2) is 0 Å². The van der Waals surface area contributed by atoms with Crippen LogP contribution in [0.5, 0.6) is 11.5 Å². The summed E-state index contributed by atoms with van der Waals surface area (Å²) in [6.07, 6.45) is 0. The van der Waals surface area contributed by atoms with Crippen molar-refractivity contribution in [1.82, 2.24) is 0 Å². The molecule has 0 aliphatic rings. The Bertz CT molecular complexity index is 596. The molecule has 2 aromatic rings. The molecule has 0 N–H and O–H groups in total. The van der Waals surface area contributed by atoms with Crippen LogP contribution in [0.3, 0.4) is 0 Å². The van der Waals surface area contributed by atoms with Crippen LogP contribution in [0.1, 0.15) is 17.3 Å². The molecule has 0 bridgehead atoms. The number of ketones is 1. The van der Waals surface area contributed by atoms with Crippen LogP contribution in [0.25, 0.3) is 0 Å². The molecule has 0 fully saturated rings. The monoisotopic (exact) mass is 324 g/mol. The Morgan fingerprint density at radius 1 is 1.17 bits per heavy atom. The van der Waals surface area contributed by atoms with Crippen LogP contribution in [0.4, 0.5) is 0 Å². The number of ether oxygens (including phenoxy) is 1. The van der Waals surface area contributed by atoms with Crippen molar-refractivity contribution in [2.45, 2.75) is 6.92 Å². The molecule has 0 heterocycles. The third kappa shape index (κ3) is 3.12. The van der Waals surface area contributed by atoms with Gasteiger partial charge >= 0.3 is 0 Å². The Labute approximate surface area is 119 Å². The summed E-state index contributed by atoms with van der Waals surface area (Å²) in [5.41, 5.74) is 0.633. The zero-order valence-corrected chi connectivity index (χ0v) is 12.0. The molecule has 0 radical (unpaired) electrons. The predicted octanol–water partition coefficient (Wildman–Crippen LogP) is 5.10. The van der Waals surface area contributed by atoms with Crippen molar-refractivity contribution in [2.75, 3.05) is 0 Å². The molecule has 2 nitrogen and oxygen atoms in total. The first kappa shape index (κ1) is 13.1. The zero-order valence-electron chi connectivity index (χ0n) is 9.61. The third-order valence-corrected chi connectivity index (χ3v) is 3.24. The van der Waals surface area contributed by atoms with E-state index < -0.39 is 0 Å². The van der Waals surface area contributed by atoms with E-state index in [1.165, 1.54) is 6.92 Å². The second-order valence-corrected chi connectivity index (χ2v) is 5.05. The maximum atomic E-state index is 11.3. The quantitative estimate of drug-likeness (QED) is 0.734. The lowest BCUT2D eigenvalue weighted by molar-refractivity contribution is 0.101. The van der Waals surface area contributed by atoms with Gasteiger partial charge in [-0.2, -0.15) is 0 Å². The highest BCUT2D eigenvalue weighted by Crippen LogP contribution is 2.28. The van der Waals surface area contributed by atoms with Gasteiger partial charge in [-0.1, -0.05) is 17.7 Å². The van der Waals surface area contributed by atoms with Crippen molar-refractivity contribution in [3.63, 3.8) is 0 Å². The molecule has 0 aliphatic heterocycles. The minimum atomic E-state index is 0.0104. The number of halogens is 2. The molecule has 0 spiro atoms. The van der Waals surface area contributed by atoms with Crippen molar-refractivity contribution in [3.05, 3.63) is 57.5 Å². The van der Waals surface area contributed by atoms with E-state index in [9.17, 15) is 4.79 Å². The molecular weight excluding hydrogens is 316 g/mol. The van der Waals surface area contributed by atoms with Crippen LogP contribution >= 0.6 is 27.5 Å². The lowest BCUT2D eigenvalue weighted by Crippen LogP contribution is -1.94. The summed E-state index contributed by atoms with van der Waals surface area (Å²) in [5, 5.41) is 0.618. The highest BCUT2D eigenvalue weighted by Gasteiger charge is 2.07. The lowest BCUT2D eigenvalue weighted by atomic mass is 10.1. The van der Waals surface area contributed by atoms with E-state index in [2.05, 4.69) is 15.9 Å². The third-order valence-electron chi connectivity index (χ3n) is 2.35. The fourth-order valence-electron chi connectivity index (χ4n) is 1.51. The van der Waals surface area contributed by atoms with Gasteiger partial charge in [0, 0.05) is 15.1 Å². The Hall–Kier alpha value is -1.32. The Morgan fingerprint density at radius 3 is 2.50 bits per heavy atom. The van der Waals surface area contributed by atoms with Crippen molar-refractivity contribution < 1.29 is 9.53 Å². The zero-order chi connectivity index (χ0) is 13.1. The minimum Gasteiger partial charge on any atom is -0.457 e. The molecule has 0 atom stereocenters. The normalized spacial score (nSPS) is 10.2. The van der Waals surface area contributed by atoms with E-state index in [1.54, 1.807) is 30.3 Å². The van der Waals surface area contributed by atoms with Gasteiger partial charge in [-0.3, -0.25) is 4.79 Å². The predicted molar refractivity (Wildman–Crippen MR) is 75.7 cm³/mol. The minimum absolute atomic E-state index is 0.0104. The van der Waals surface area contributed by atoms with Gasteiger partial charge in [0.1, 0.15) is 11.5 Å². The average Bonchev–Trinajstić information content (AvgIpc) is 2.28. The van der Waals surface area contributed by atoms with E-state index in [0.717, 1.165) is 4.47 Å². The average molecular weight is 326 g/mol. The molecule has 0 aliphatic carbocycles. The molecular formula is C14H10BrClO2. The second-order valence-electron chi connectivity index (χ2n) is 3.76. The van der Waals surface area contributed by atoms with Gasteiger partial charge in [0.2, 0.25) is 0 Å². The highest BCUT2D eigenvalue weighted by atomic mass is 79.9. The molecule has 18 heavy (non-hydrogen) atoms. The van der Waals surface area contributed by atoms with E-state index in [0.29, 0.717) is 22.1 Å². The van der Waals surface area contributed by atoms with E-state index >= 15 is 0 Å². The summed E-state index contributed by atoms with van der Waals surface area (Å²) >= 11 is 9.22. The SMILES string of the molecule is CC(=O)c1ccc(Oc2cccc(Cl)c2)cc1Br. The van der Waals surface area contributed by atoms with E-state index in [-0.39, 0.29) is 5.78 Å². The Kier molecular flexibility index (Phi) is 4.04. The molecule has 0 amide bonds. The summed E-state index contributed by atoms with van der Waals surface area (Å²) in [6.45, 7) is 1.53. The number of Topliss-reactive ketones (excluding diaryl/α,β-unsaturated/α-hetero) is 1. The van der Waals surface area contributed by atoms with Crippen LogP contribution in [0, 0.1) is 0 Å². The topological polar surface area (TPSA) is 26.3 Å². The standard InChI is InChI=1S/C14H10BrClO2/c1-9(17)13-6-5-12(8-14(13)15)18-11-4-2-3-10(16)7-11/h2-8H,1H3. The van der Waals surface area contributed by atoms with Gasteiger partial charge in [0.05, 0.1) is 0 Å². The maximum Gasteiger partial charge on any atom is 0.160 e. The van der Waals surface area contributed by atoms with E-state index in [1.807, 2.05) is 12.1 Å². The number of hydrogen-bond acceptors (Lipinski definition) is 2. The maximum absolute atomic E-state index is 11.3. The van der Waals surface area contributed by atoms with Gasteiger partial charge in [-0.05, 0) is 59.3 Å². The van der Waals surface area contributed by atoms with E-state index in [4.69, 9.17) is 16.3 Å². The number of carbonyl (C=O) groups excluding carboxylic acids is 1. The van der Waals surface area contributed by atoms with Crippen LogP contribution < -0.4 is 4.74 Å². The van der Waals surface area contributed by atoms with Crippen molar-refractivity contribution in [1.29, 1.82) is 0 Å². The number of hydrogen-bond donors (Lipinski definition) is 0. The molecule has 0 saturated carbocycles. The van der Waals surface area contributed by atoms with Crippen LogP contribution in [-0.2, 0) is 0 Å². The summed E-state index contributed by atoms with van der Waals surface area (Å²) in [4.78, 5) is 11.3. The number of benzene rings is 2.